The summed E-state index contributed by atoms with van der Waals surface area (Å²) in [4.78, 5) is 30.1. The molecule has 0 radical (unpaired) electrons. The van der Waals surface area contributed by atoms with Gasteiger partial charge in [0.2, 0.25) is 4.96 Å². The predicted octanol–water partition coefficient (Wildman–Crippen LogP) is 3.30. The Kier molecular flexibility index (Phi) is 6.37. The van der Waals surface area contributed by atoms with Crippen LogP contribution in [-0.2, 0) is 19.4 Å². The number of fused-ring (bicyclic) bond motifs is 1. The molecule has 4 rings (SSSR count). The Morgan fingerprint density at radius 1 is 1.10 bits per heavy atom. The number of aromatic nitrogens is 3. The van der Waals surface area contributed by atoms with Crippen LogP contribution in [0.5, 0.6) is 0 Å². The first-order chi connectivity index (χ1) is 15.1. The van der Waals surface area contributed by atoms with Crippen molar-refractivity contribution in [3.05, 3.63) is 92.8 Å². The number of benzene rings is 2. The van der Waals surface area contributed by atoms with Crippen LogP contribution in [0.1, 0.15) is 33.5 Å². The molecule has 0 fully saturated rings. The SMILES string of the molecule is CCc1nn2c(=O)cc(CNc3ccccc3C(=O)NCCc3ccccc3)nc2s1. The van der Waals surface area contributed by atoms with Crippen molar-refractivity contribution in [3.8, 4) is 0 Å². The van der Waals surface area contributed by atoms with E-state index in [1.807, 2.05) is 55.5 Å². The van der Waals surface area contributed by atoms with E-state index in [9.17, 15) is 9.59 Å². The summed E-state index contributed by atoms with van der Waals surface area (Å²) < 4.78 is 1.33. The van der Waals surface area contributed by atoms with Crippen LogP contribution in [0.3, 0.4) is 0 Å². The Balaban J connectivity index is 1.43. The topological polar surface area (TPSA) is 88.4 Å². The highest BCUT2D eigenvalue weighted by Gasteiger charge is 2.12. The molecule has 31 heavy (non-hydrogen) atoms. The summed E-state index contributed by atoms with van der Waals surface area (Å²) in [5.74, 6) is -0.141. The van der Waals surface area contributed by atoms with Gasteiger partial charge in [-0.15, -0.1) is 0 Å². The lowest BCUT2D eigenvalue weighted by Crippen LogP contribution is -2.26. The Labute approximate surface area is 183 Å². The molecular weight excluding hydrogens is 410 g/mol. The average molecular weight is 434 g/mol. The summed E-state index contributed by atoms with van der Waals surface area (Å²) in [6, 6.07) is 18.8. The second kappa shape index (κ2) is 9.53. The molecule has 8 heteroatoms. The van der Waals surface area contributed by atoms with Gasteiger partial charge in [-0.1, -0.05) is 60.7 Å². The van der Waals surface area contributed by atoms with Crippen molar-refractivity contribution < 1.29 is 4.79 Å². The van der Waals surface area contributed by atoms with Crippen LogP contribution in [0.15, 0.2) is 65.5 Å². The molecule has 2 aromatic carbocycles. The second-order valence-electron chi connectivity index (χ2n) is 7.02. The van der Waals surface area contributed by atoms with Gasteiger partial charge in [-0.25, -0.2) is 4.98 Å². The van der Waals surface area contributed by atoms with Gasteiger partial charge in [0, 0.05) is 18.3 Å². The maximum atomic E-state index is 12.7. The minimum Gasteiger partial charge on any atom is -0.379 e. The lowest BCUT2D eigenvalue weighted by Gasteiger charge is -2.12. The maximum Gasteiger partial charge on any atom is 0.275 e. The second-order valence-corrected chi connectivity index (χ2v) is 8.06. The van der Waals surface area contributed by atoms with Crippen molar-refractivity contribution in [3.63, 3.8) is 0 Å². The van der Waals surface area contributed by atoms with Crippen LogP contribution in [0.25, 0.3) is 4.96 Å². The molecule has 0 aliphatic carbocycles. The van der Waals surface area contributed by atoms with Crippen molar-refractivity contribution in [1.29, 1.82) is 0 Å². The van der Waals surface area contributed by atoms with Crippen molar-refractivity contribution in [2.75, 3.05) is 11.9 Å². The smallest absolute Gasteiger partial charge is 0.275 e. The third kappa shape index (κ3) is 4.97. The zero-order valence-corrected chi connectivity index (χ0v) is 18.0. The van der Waals surface area contributed by atoms with E-state index in [-0.39, 0.29) is 11.5 Å². The lowest BCUT2D eigenvalue weighted by molar-refractivity contribution is 0.0955. The molecule has 2 aromatic heterocycles. The van der Waals surface area contributed by atoms with E-state index in [0.717, 1.165) is 17.8 Å². The summed E-state index contributed by atoms with van der Waals surface area (Å²) >= 11 is 1.41. The first-order valence-corrected chi connectivity index (χ1v) is 11.0. The number of nitrogens with zero attached hydrogens (tertiary/aromatic N) is 3. The number of carbonyl (C=O) groups is 1. The van der Waals surface area contributed by atoms with Crippen LogP contribution in [0, 0.1) is 0 Å². The van der Waals surface area contributed by atoms with E-state index in [4.69, 9.17) is 0 Å². The fourth-order valence-corrected chi connectivity index (χ4v) is 4.07. The number of hydrogen-bond donors (Lipinski definition) is 2. The molecule has 158 valence electrons. The van der Waals surface area contributed by atoms with E-state index in [0.29, 0.717) is 35.0 Å². The molecule has 0 unspecified atom stereocenters. The Bertz CT molecular complexity index is 1250. The average Bonchev–Trinajstić information content (AvgIpc) is 3.22. The van der Waals surface area contributed by atoms with Crippen LogP contribution in [0.4, 0.5) is 5.69 Å². The number of rotatable bonds is 8. The Hall–Kier alpha value is -3.52. The van der Waals surface area contributed by atoms with Crippen LogP contribution in [-0.4, -0.2) is 27.0 Å². The monoisotopic (exact) mass is 433 g/mol. The standard InChI is InChI=1S/C23H23N5O2S/c1-2-20-27-28-21(29)14-17(26-23(28)31-20)15-25-19-11-7-6-10-18(19)22(30)24-13-12-16-8-4-3-5-9-16/h3-11,14,25H,2,12-13,15H2,1H3,(H,24,30). The number of anilines is 1. The zero-order chi connectivity index (χ0) is 21.6. The molecule has 0 spiro atoms. The van der Waals surface area contributed by atoms with Gasteiger partial charge in [-0.2, -0.15) is 9.61 Å². The van der Waals surface area contributed by atoms with Crippen molar-refractivity contribution in [1.82, 2.24) is 19.9 Å². The predicted molar refractivity (Wildman–Crippen MR) is 123 cm³/mol. The molecule has 2 N–H and O–H groups in total. The van der Waals surface area contributed by atoms with E-state index >= 15 is 0 Å². The molecule has 0 aliphatic rings. The minimum atomic E-state index is -0.204. The van der Waals surface area contributed by atoms with E-state index < -0.39 is 0 Å². The lowest BCUT2D eigenvalue weighted by atomic mass is 10.1. The number of amides is 1. The molecule has 0 saturated carbocycles. The summed E-state index contributed by atoms with van der Waals surface area (Å²) in [7, 11) is 0. The first kappa shape index (κ1) is 20.7. The van der Waals surface area contributed by atoms with E-state index in [2.05, 4.69) is 20.7 Å². The van der Waals surface area contributed by atoms with Gasteiger partial charge in [0.25, 0.3) is 11.5 Å². The highest BCUT2D eigenvalue weighted by atomic mass is 32.1. The normalized spacial score (nSPS) is 10.9. The van der Waals surface area contributed by atoms with Gasteiger partial charge in [0.05, 0.1) is 17.8 Å². The number of carbonyl (C=O) groups excluding carboxylic acids is 1. The minimum absolute atomic E-state index is 0.141. The van der Waals surface area contributed by atoms with Gasteiger partial charge in [0.15, 0.2) is 0 Å². The molecular formula is C23H23N5O2S. The molecule has 7 nitrogen and oxygen atoms in total. The van der Waals surface area contributed by atoms with Crippen LogP contribution < -0.4 is 16.2 Å². The third-order valence-corrected chi connectivity index (χ3v) is 5.87. The van der Waals surface area contributed by atoms with Gasteiger partial charge in [0.1, 0.15) is 5.01 Å². The molecule has 4 aromatic rings. The summed E-state index contributed by atoms with van der Waals surface area (Å²) in [5, 5.41) is 11.4. The number of nitrogens with one attached hydrogen (secondary N) is 2. The number of aryl methyl sites for hydroxylation is 1. The Morgan fingerprint density at radius 3 is 2.68 bits per heavy atom. The fraction of sp³-hybridized carbons (Fsp3) is 0.217. The van der Waals surface area contributed by atoms with Gasteiger partial charge >= 0.3 is 0 Å². The van der Waals surface area contributed by atoms with Crippen LogP contribution in [0.2, 0.25) is 0 Å². The van der Waals surface area contributed by atoms with Crippen molar-refractivity contribution in [2.45, 2.75) is 26.3 Å². The quantitative estimate of drug-likeness (QED) is 0.445. The molecule has 2 heterocycles. The number of para-hydroxylation sites is 1. The molecule has 0 saturated heterocycles. The van der Waals surface area contributed by atoms with Gasteiger partial charge < -0.3 is 10.6 Å². The third-order valence-electron chi connectivity index (χ3n) is 4.82. The first-order valence-electron chi connectivity index (χ1n) is 10.2. The van der Waals surface area contributed by atoms with Crippen molar-refractivity contribution >= 4 is 27.9 Å². The highest BCUT2D eigenvalue weighted by Crippen LogP contribution is 2.17. The number of hydrogen-bond acceptors (Lipinski definition) is 6. The zero-order valence-electron chi connectivity index (χ0n) is 17.2. The highest BCUT2D eigenvalue weighted by molar-refractivity contribution is 7.16. The summed E-state index contributed by atoms with van der Waals surface area (Å²) in [5.41, 5.74) is 2.83. The molecule has 0 atom stereocenters. The molecule has 0 bridgehead atoms. The van der Waals surface area contributed by atoms with E-state index in [1.165, 1.54) is 27.5 Å². The summed E-state index contributed by atoms with van der Waals surface area (Å²) in [6.07, 6.45) is 1.53. The molecule has 0 aliphatic heterocycles. The van der Waals surface area contributed by atoms with Crippen LogP contribution >= 0.6 is 11.3 Å². The fourth-order valence-electron chi connectivity index (χ4n) is 3.21. The molecule has 1 amide bonds. The van der Waals surface area contributed by atoms with Gasteiger partial charge in [-0.05, 0) is 30.5 Å². The maximum absolute atomic E-state index is 12.7. The summed E-state index contributed by atoms with van der Waals surface area (Å²) in [6.45, 7) is 2.88. The van der Waals surface area contributed by atoms with Gasteiger partial charge in [-0.3, -0.25) is 9.59 Å². The van der Waals surface area contributed by atoms with E-state index in [1.54, 1.807) is 6.07 Å². The largest absolute Gasteiger partial charge is 0.379 e. The Morgan fingerprint density at radius 2 is 1.87 bits per heavy atom. The van der Waals surface area contributed by atoms with Crippen molar-refractivity contribution in [2.24, 2.45) is 0 Å².